The average Bonchev–Trinajstić information content (AvgIpc) is 2.11. The molecule has 0 aliphatic carbocycles. The Hall–Kier alpha value is -0.250. The van der Waals surface area contributed by atoms with Crippen LogP contribution in [0.1, 0.15) is 20.3 Å². The van der Waals surface area contributed by atoms with Crippen LogP contribution in [0.2, 0.25) is 0 Å². The SMILES string of the molecule is COCCC(F)(S(=O)(=O)O)S(=O)(=O)C(C)C. The molecular weight excluding hydrogens is 263 g/mol. The molecule has 9 heteroatoms. The highest BCUT2D eigenvalue weighted by Crippen LogP contribution is 2.32. The number of methoxy groups -OCH3 is 1. The first-order valence-electron chi connectivity index (χ1n) is 4.39. The Morgan fingerprint density at radius 3 is 2.00 bits per heavy atom. The number of halogens is 1. The second-order valence-electron chi connectivity index (χ2n) is 3.47. The van der Waals surface area contributed by atoms with Crippen molar-refractivity contribution in [3.05, 3.63) is 0 Å². The zero-order chi connectivity index (χ0) is 13.2. The molecule has 98 valence electrons. The molecule has 0 saturated carbocycles. The molecule has 0 radical (unpaired) electrons. The molecule has 6 nitrogen and oxygen atoms in total. The van der Waals surface area contributed by atoms with Crippen LogP contribution in [0.5, 0.6) is 0 Å². The van der Waals surface area contributed by atoms with Crippen molar-refractivity contribution in [1.29, 1.82) is 0 Å². The van der Waals surface area contributed by atoms with Gasteiger partial charge in [-0.25, -0.2) is 12.8 Å². The maximum atomic E-state index is 14.0. The molecule has 1 N–H and O–H groups in total. The first-order chi connectivity index (χ1) is 7.00. The quantitative estimate of drug-likeness (QED) is 0.704. The topological polar surface area (TPSA) is 97.7 Å². The summed E-state index contributed by atoms with van der Waals surface area (Å²) < 4.78 is 68.2. The van der Waals surface area contributed by atoms with Crippen LogP contribution in [0.4, 0.5) is 4.39 Å². The molecule has 0 amide bonds. The highest BCUT2D eigenvalue weighted by molar-refractivity contribution is 8.08. The van der Waals surface area contributed by atoms with Gasteiger partial charge < -0.3 is 4.74 Å². The van der Waals surface area contributed by atoms with E-state index in [2.05, 4.69) is 4.74 Å². The van der Waals surface area contributed by atoms with E-state index >= 15 is 0 Å². The fourth-order valence-corrected chi connectivity index (χ4v) is 4.16. The summed E-state index contributed by atoms with van der Waals surface area (Å²) >= 11 is 0. The van der Waals surface area contributed by atoms with Crippen molar-refractivity contribution in [1.82, 2.24) is 0 Å². The zero-order valence-corrected chi connectivity index (χ0v) is 10.8. The van der Waals surface area contributed by atoms with Crippen LogP contribution in [0.15, 0.2) is 0 Å². The largest absolute Gasteiger partial charge is 0.384 e. The van der Waals surface area contributed by atoms with E-state index in [1.165, 1.54) is 0 Å². The molecule has 0 aromatic carbocycles. The van der Waals surface area contributed by atoms with E-state index in [1.54, 1.807) is 0 Å². The maximum absolute atomic E-state index is 14.0. The first-order valence-corrected chi connectivity index (χ1v) is 7.37. The van der Waals surface area contributed by atoms with E-state index in [9.17, 15) is 21.2 Å². The van der Waals surface area contributed by atoms with Crippen LogP contribution in [0, 0.1) is 0 Å². The molecule has 0 aromatic rings. The minimum atomic E-state index is -5.37. The predicted molar refractivity (Wildman–Crippen MR) is 55.9 cm³/mol. The van der Waals surface area contributed by atoms with Crippen molar-refractivity contribution < 1.29 is 30.5 Å². The summed E-state index contributed by atoms with van der Waals surface area (Å²) in [6.07, 6.45) is -0.969. The lowest BCUT2D eigenvalue weighted by atomic mass is 10.5. The fraction of sp³-hybridized carbons (Fsp3) is 1.00. The molecule has 1 unspecified atom stereocenters. The number of sulfone groups is 1. The Kier molecular flexibility index (Phi) is 4.87. The molecule has 0 aliphatic heterocycles. The molecule has 0 heterocycles. The standard InChI is InChI=1S/C7H15FO6S2/c1-6(2)15(9,10)7(8,4-5-14-3)16(11,12)13/h6H,4-5H2,1-3H3,(H,11,12,13). The van der Waals surface area contributed by atoms with Gasteiger partial charge in [-0.1, -0.05) is 0 Å². The Morgan fingerprint density at radius 2 is 1.75 bits per heavy atom. The highest BCUT2D eigenvalue weighted by atomic mass is 32.3. The summed E-state index contributed by atoms with van der Waals surface area (Å²) in [4.78, 5) is 0. The second-order valence-corrected chi connectivity index (χ2v) is 8.01. The Bertz CT molecular complexity index is 426. The van der Waals surface area contributed by atoms with E-state index < -0.39 is 42.6 Å². The van der Waals surface area contributed by atoms with Gasteiger partial charge in [-0.2, -0.15) is 8.42 Å². The van der Waals surface area contributed by atoms with Crippen LogP contribution in [-0.4, -0.2) is 44.7 Å². The summed E-state index contributed by atoms with van der Waals surface area (Å²) in [7, 11) is -8.87. The lowest BCUT2D eigenvalue weighted by Crippen LogP contribution is -2.46. The highest BCUT2D eigenvalue weighted by Gasteiger charge is 2.56. The van der Waals surface area contributed by atoms with Crippen LogP contribution < -0.4 is 0 Å². The average molecular weight is 278 g/mol. The van der Waals surface area contributed by atoms with Gasteiger partial charge in [0, 0.05) is 13.5 Å². The minimum absolute atomic E-state index is 0.442. The van der Waals surface area contributed by atoms with Crippen molar-refractivity contribution in [3.63, 3.8) is 0 Å². The minimum Gasteiger partial charge on any atom is -0.384 e. The summed E-state index contributed by atoms with van der Waals surface area (Å²) in [6.45, 7) is 1.81. The van der Waals surface area contributed by atoms with Crippen LogP contribution >= 0.6 is 0 Å². The monoisotopic (exact) mass is 278 g/mol. The number of hydrogen-bond donors (Lipinski definition) is 1. The van der Waals surface area contributed by atoms with Crippen LogP contribution in [0.3, 0.4) is 0 Å². The maximum Gasteiger partial charge on any atom is 0.335 e. The van der Waals surface area contributed by atoms with Gasteiger partial charge in [0.05, 0.1) is 11.9 Å². The normalized spacial score (nSPS) is 17.4. The van der Waals surface area contributed by atoms with Crippen LogP contribution in [0.25, 0.3) is 0 Å². The molecule has 0 aliphatic rings. The number of alkyl halides is 1. The summed E-state index contributed by atoms with van der Waals surface area (Å²) in [5, 5.41) is -1.27. The number of rotatable bonds is 6. The Morgan fingerprint density at radius 1 is 1.31 bits per heavy atom. The first kappa shape index (κ1) is 15.8. The van der Waals surface area contributed by atoms with Gasteiger partial charge in [-0.3, -0.25) is 4.55 Å². The smallest absolute Gasteiger partial charge is 0.335 e. The number of ether oxygens (including phenoxy) is 1. The molecule has 16 heavy (non-hydrogen) atoms. The van der Waals surface area contributed by atoms with Gasteiger partial charge in [0.2, 0.25) is 9.84 Å². The molecule has 1 atom stereocenters. The Labute approximate surface area is 94.5 Å². The van der Waals surface area contributed by atoms with Gasteiger partial charge in [0.1, 0.15) is 0 Å². The molecule has 0 saturated heterocycles. The van der Waals surface area contributed by atoms with Crippen LogP contribution in [-0.2, 0) is 24.7 Å². The van der Waals surface area contributed by atoms with Crippen molar-refractivity contribution in [2.45, 2.75) is 29.9 Å². The molecule has 0 rings (SSSR count). The van der Waals surface area contributed by atoms with Gasteiger partial charge in [-0.05, 0) is 13.8 Å². The van der Waals surface area contributed by atoms with E-state index in [1.807, 2.05) is 0 Å². The third-order valence-electron chi connectivity index (χ3n) is 2.04. The lowest BCUT2D eigenvalue weighted by molar-refractivity contribution is 0.165. The van der Waals surface area contributed by atoms with Crippen molar-refractivity contribution in [3.8, 4) is 0 Å². The van der Waals surface area contributed by atoms with E-state index in [4.69, 9.17) is 4.55 Å². The summed E-state index contributed by atoms with van der Waals surface area (Å²) in [6, 6.07) is 0. The van der Waals surface area contributed by atoms with Gasteiger partial charge in [-0.15, -0.1) is 0 Å². The Balaban J connectivity index is 5.62. The third kappa shape index (κ3) is 2.70. The second kappa shape index (κ2) is 4.94. The summed E-state index contributed by atoms with van der Waals surface area (Å²) in [5.74, 6) is 0. The van der Waals surface area contributed by atoms with Crippen molar-refractivity contribution in [2.24, 2.45) is 0 Å². The van der Waals surface area contributed by atoms with E-state index in [0.29, 0.717) is 0 Å². The van der Waals surface area contributed by atoms with E-state index in [0.717, 1.165) is 21.0 Å². The molecule has 0 aromatic heterocycles. The summed E-state index contributed by atoms with van der Waals surface area (Å²) in [5.41, 5.74) is 0. The van der Waals surface area contributed by atoms with E-state index in [-0.39, 0.29) is 0 Å². The van der Waals surface area contributed by atoms with Gasteiger partial charge in [0.15, 0.2) is 0 Å². The lowest BCUT2D eigenvalue weighted by Gasteiger charge is -2.23. The zero-order valence-electron chi connectivity index (χ0n) is 9.17. The van der Waals surface area contributed by atoms with Gasteiger partial charge in [0.25, 0.3) is 0 Å². The molecular formula is C7H15FO6S2. The number of hydrogen-bond acceptors (Lipinski definition) is 5. The fourth-order valence-electron chi connectivity index (χ4n) is 0.994. The molecule has 0 spiro atoms. The van der Waals surface area contributed by atoms with Crippen molar-refractivity contribution in [2.75, 3.05) is 13.7 Å². The third-order valence-corrected chi connectivity index (χ3v) is 6.63. The molecule has 0 bridgehead atoms. The molecule has 0 fully saturated rings. The predicted octanol–water partition coefficient (Wildman–Crippen LogP) is 0.357. The van der Waals surface area contributed by atoms with Gasteiger partial charge >= 0.3 is 14.5 Å². The van der Waals surface area contributed by atoms with Crippen molar-refractivity contribution >= 4 is 20.0 Å².